The molecule has 0 saturated heterocycles. The molecular weight excluding hydrogens is 380 g/mol. The molecule has 0 heterocycles. The van der Waals surface area contributed by atoms with Gasteiger partial charge >= 0.3 is 6.09 Å². The van der Waals surface area contributed by atoms with E-state index in [4.69, 9.17) is 9.47 Å². The van der Waals surface area contributed by atoms with Crippen molar-refractivity contribution in [3.8, 4) is 5.75 Å². The Bertz CT molecular complexity index is 866. The summed E-state index contributed by atoms with van der Waals surface area (Å²) in [7, 11) is 1.64. The molecule has 6 nitrogen and oxygen atoms in total. The van der Waals surface area contributed by atoms with Gasteiger partial charge in [-0.15, -0.1) is 0 Å². The van der Waals surface area contributed by atoms with Gasteiger partial charge in [0.2, 0.25) is 0 Å². The number of carbonyl (C=O) groups is 2. The maximum Gasteiger partial charge on any atom is 0.407 e. The molecule has 1 N–H and O–H groups in total. The lowest BCUT2D eigenvalue weighted by Crippen LogP contribution is -2.33. The number of alkyl carbamates (subject to hydrolysis) is 1. The number of nitrogens with one attached hydrogen (secondary N) is 1. The molecule has 0 aromatic heterocycles. The molecule has 6 heteroatoms. The fraction of sp³-hybridized carbons (Fsp3) is 0.417. The Kier molecular flexibility index (Phi) is 6.65. The highest BCUT2D eigenvalue weighted by molar-refractivity contribution is 5.94. The van der Waals surface area contributed by atoms with Gasteiger partial charge in [0, 0.05) is 24.7 Å². The van der Waals surface area contributed by atoms with E-state index in [2.05, 4.69) is 5.32 Å². The molecule has 1 fully saturated rings. The van der Waals surface area contributed by atoms with E-state index >= 15 is 0 Å². The largest absolute Gasteiger partial charge is 0.497 e. The molecule has 0 spiro atoms. The Morgan fingerprint density at radius 1 is 1.00 bits per heavy atom. The van der Waals surface area contributed by atoms with E-state index < -0.39 is 11.7 Å². The zero-order valence-corrected chi connectivity index (χ0v) is 18.1. The topological polar surface area (TPSA) is 67.9 Å². The van der Waals surface area contributed by atoms with Crippen molar-refractivity contribution in [2.75, 3.05) is 7.11 Å². The Labute approximate surface area is 178 Å². The second kappa shape index (κ2) is 9.20. The van der Waals surface area contributed by atoms with E-state index in [1.54, 1.807) is 7.11 Å². The summed E-state index contributed by atoms with van der Waals surface area (Å²) >= 11 is 0. The highest BCUT2D eigenvalue weighted by Gasteiger charge is 2.33. The molecule has 0 radical (unpaired) electrons. The van der Waals surface area contributed by atoms with Crippen molar-refractivity contribution in [2.24, 2.45) is 0 Å². The summed E-state index contributed by atoms with van der Waals surface area (Å²) in [5.41, 5.74) is 2.10. The van der Waals surface area contributed by atoms with Crippen LogP contribution in [0.4, 0.5) is 4.79 Å². The second-order valence-corrected chi connectivity index (χ2v) is 8.56. The fourth-order valence-electron chi connectivity index (χ4n) is 3.10. The van der Waals surface area contributed by atoms with Crippen LogP contribution in [0.5, 0.6) is 5.75 Å². The Balaban J connectivity index is 1.60. The first-order valence-electron chi connectivity index (χ1n) is 10.2. The van der Waals surface area contributed by atoms with Gasteiger partial charge in [0.25, 0.3) is 5.91 Å². The third-order valence-corrected chi connectivity index (χ3v) is 4.80. The molecule has 2 amide bonds. The molecule has 0 unspecified atom stereocenters. The molecular formula is C24H30N2O4. The summed E-state index contributed by atoms with van der Waals surface area (Å²) in [6, 6.07) is 15.5. The number of carbonyl (C=O) groups excluding carboxylic acids is 2. The molecule has 3 rings (SSSR count). The van der Waals surface area contributed by atoms with E-state index in [0.717, 1.165) is 29.7 Å². The standard InChI is InChI=1S/C24H30N2O4/c1-24(2,3)30-23(28)25-15-17-5-9-19(10-6-17)22(27)26(20-11-12-20)16-18-7-13-21(29-4)14-8-18/h5-10,13-14,20H,11-12,15-16H2,1-4H3,(H,25,28). The molecule has 2 aromatic rings. The van der Waals surface area contributed by atoms with Crippen LogP contribution < -0.4 is 10.1 Å². The van der Waals surface area contributed by atoms with Crippen molar-refractivity contribution < 1.29 is 19.1 Å². The summed E-state index contributed by atoms with van der Waals surface area (Å²) in [4.78, 5) is 26.8. The smallest absolute Gasteiger partial charge is 0.407 e. The zero-order valence-electron chi connectivity index (χ0n) is 18.1. The lowest BCUT2D eigenvalue weighted by Gasteiger charge is -2.23. The first-order chi connectivity index (χ1) is 14.2. The van der Waals surface area contributed by atoms with E-state index in [0.29, 0.717) is 24.7 Å². The average Bonchev–Trinajstić information content (AvgIpc) is 3.55. The van der Waals surface area contributed by atoms with Gasteiger partial charge in [0.05, 0.1) is 7.11 Å². The lowest BCUT2D eigenvalue weighted by molar-refractivity contribution is 0.0523. The van der Waals surface area contributed by atoms with Crippen LogP contribution in [0.1, 0.15) is 55.1 Å². The lowest BCUT2D eigenvalue weighted by atomic mass is 10.1. The number of nitrogens with zero attached hydrogens (tertiary/aromatic N) is 1. The van der Waals surface area contributed by atoms with E-state index in [1.165, 1.54) is 0 Å². The van der Waals surface area contributed by atoms with Gasteiger partial charge in [0.15, 0.2) is 0 Å². The highest BCUT2D eigenvalue weighted by Crippen LogP contribution is 2.30. The summed E-state index contributed by atoms with van der Waals surface area (Å²) < 4.78 is 10.4. The van der Waals surface area contributed by atoms with Crippen LogP contribution in [0.15, 0.2) is 48.5 Å². The first-order valence-corrected chi connectivity index (χ1v) is 10.2. The second-order valence-electron chi connectivity index (χ2n) is 8.56. The quantitative estimate of drug-likeness (QED) is 0.728. The monoisotopic (exact) mass is 410 g/mol. The third kappa shape index (κ3) is 6.24. The number of benzene rings is 2. The Hall–Kier alpha value is -3.02. The van der Waals surface area contributed by atoms with Gasteiger partial charge in [-0.2, -0.15) is 0 Å². The van der Waals surface area contributed by atoms with Crippen LogP contribution >= 0.6 is 0 Å². The SMILES string of the molecule is COc1ccc(CN(C(=O)c2ccc(CNC(=O)OC(C)(C)C)cc2)C2CC2)cc1. The van der Waals surface area contributed by atoms with Gasteiger partial charge in [-0.3, -0.25) is 4.79 Å². The van der Waals surface area contributed by atoms with Crippen molar-refractivity contribution in [1.82, 2.24) is 10.2 Å². The van der Waals surface area contributed by atoms with Crippen molar-refractivity contribution >= 4 is 12.0 Å². The van der Waals surface area contributed by atoms with Crippen molar-refractivity contribution in [3.63, 3.8) is 0 Å². The van der Waals surface area contributed by atoms with E-state index in [-0.39, 0.29) is 5.91 Å². The normalized spacial score (nSPS) is 13.5. The van der Waals surface area contributed by atoms with Crippen molar-refractivity contribution in [1.29, 1.82) is 0 Å². The molecule has 160 valence electrons. The van der Waals surface area contributed by atoms with Crippen LogP contribution in [0.3, 0.4) is 0 Å². The zero-order chi connectivity index (χ0) is 21.7. The molecule has 1 aliphatic rings. The fourth-order valence-corrected chi connectivity index (χ4v) is 3.10. The number of hydrogen-bond donors (Lipinski definition) is 1. The van der Waals surface area contributed by atoms with Crippen LogP contribution in [-0.4, -0.2) is 35.7 Å². The van der Waals surface area contributed by atoms with Crippen LogP contribution in [-0.2, 0) is 17.8 Å². The minimum absolute atomic E-state index is 0.0277. The number of hydrogen-bond acceptors (Lipinski definition) is 4. The highest BCUT2D eigenvalue weighted by atomic mass is 16.6. The number of rotatable bonds is 7. The molecule has 1 saturated carbocycles. The van der Waals surface area contributed by atoms with Gasteiger partial charge in [-0.25, -0.2) is 4.79 Å². The molecule has 0 aliphatic heterocycles. The van der Waals surface area contributed by atoms with Crippen LogP contribution in [0.25, 0.3) is 0 Å². The van der Waals surface area contributed by atoms with Crippen molar-refractivity contribution in [2.45, 2.75) is 58.3 Å². The molecule has 0 atom stereocenters. The third-order valence-electron chi connectivity index (χ3n) is 4.80. The minimum atomic E-state index is -0.531. The number of amides is 2. The summed E-state index contributed by atoms with van der Waals surface area (Å²) in [5, 5.41) is 2.73. The maximum absolute atomic E-state index is 13.1. The average molecular weight is 411 g/mol. The molecule has 0 bridgehead atoms. The molecule has 2 aromatic carbocycles. The predicted octanol–water partition coefficient (Wildman–Crippen LogP) is 4.52. The van der Waals surface area contributed by atoms with Gasteiger partial charge < -0.3 is 19.7 Å². The summed E-state index contributed by atoms with van der Waals surface area (Å²) in [5.74, 6) is 0.832. The minimum Gasteiger partial charge on any atom is -0.497 e. The first kappa shape index (κ1) is 21.7. The maximum atomic E-state index is 13.1. The summed E-state index contributed by atoms with van der Waals surface area (Å²) in [6.07, 6.45) is 1.63. The van der Waals surface area contributed by atoms with Crippen LogP contribution in [0.2, 0.25) is 0 Å². The number of ether oxygens (including phenoxy) is 2. The van der Waals surface area contributed by atoms with Crippen LogP contribution in [0, 0.1) is 0 Å². The summed E-state index contributed by atoms with van der Waals surface area (Å²) in [6.45, 7) is 6.40. The Morgan fingerprint density at radius 3 is 2.13 bits per heavy atom. The number of methoxy groups -OCH3 is 1. The van der Waals surface area contributed by atoms with Gasteiger partial charge in [0.1, 0.15) is 11.4 Å². The predicted molar refractivity (Wildman–Crippen MR) is 115 cm³/mol. The molecule has 1 aliphatic carbocycles. The Morgan fingerprint density at radius 2 is 1.60 bits per heavy atom. The van der Waals surface area contributed by atoms with Gasteiger partial charge in [-0.05, 0) is 69.0 Å². The van der Waals surface area contributed by atoms with Gasteiger partial charge in [-0.1, -0.05) is 24.3 Å². The van der Waals surface area contributed by atoms with E-state index in [1.807, 2.05) is 74.2 Å². The van der Waals surface area contributed by atoms with Crippen molar-refractivity contribution in [3.05, 3.63) is 65.2 Å². The van der Waals surface area contributed by atoms with E-state index in [9.17, 15) is 9.59 Å². The molecule has 30 heavy (non-hydrogen) atoms.